The van der Waals surface area contributed by atoms with Crippen molar-refractivity contribution in [2.24, 2.45) is 0 Å². The zero-order valence-corrected chi connectivity index (χ0v) is 18.0. The maximum atomic E-state index is 12.3. The van der Waals surface area contributed by atoms with Crippen LogP contribution in [0.3, 0.4) is 0 Å². The van der Waals surface area contributed by atoms with Gasteiger partial charge in [0.1, 0.15) is 16.4 Å². The first-order valence-electron chi connectivity index (χ1n) is 10.4. The number of amides is 1. The molecule has 4 aromatic rings. The number of aryl methyl sites for hydroxylation is 2. The fraction of sp³-hybridized carbons (Fsp3) is 0.429. The molecule has 1 N–H and O–H groups in total. The molecule has 7 nitrogen and oxygen atoms in total. The predicted octanol–water partition coefficient (Wildman–Crippen LogP) is 4.10. The van der Waals surface area contributed by atoms with Gasteiger partial charge in [0.15, 0.2) is 10.8 Å². The molecule has 4 aromatic heterocycles. The van der Waals surface area contributed by atoms with Crippen molar-refractivity contribution in [3.05, 3.63) is 40.4 Å². The molecule has 0 aromatic carbocycles. The second-order valence-corrected chi connectivity index (χ2v) is 9.95. The number of nitrogens with zero attached hydrogens (tertiary/aromatic N) is 4. The molecule has 6 rings (SSSR count). The van der Waals surface area contributed by atoms with E-state index >= 15 is 0 Å². The van der Waals surface area contributed by atoms with Gasteiger partial charge in [-0.3, -0.25) is 9.20 Å². The number of furan rings is 1. The maximum absolute atomic E-state index is 12.3. The summed E-state index contributed by atoms with van der Waals surface area (Å²) in [7, 11) is 0. The van der Waals surface area contributed by atoms with Crippen molar-refractivity contribution < 1.29 is 9.21 Å². The SMILES string of the molecule is O=C(CSc1nnc2c3c4c(sc3nc(C3CC3)n12)CCCC4)NCc1ccco1. The summed E-state index contributed by atoms with van der Waals surface area (Å²) in [5, 5.41) is 13.9. The van der Waals surface area contributed by atoms with Crippen molar-refractivity contribution in [3.63, 3.8) is 0 Å². The van der Waals surface area contributed by atoms with Crippen LogP contribution in [0.5, 0.6) is 0 Å². The van der Waals surface area contributed by atoms with E-state index in [2.05, 4.69) is 19.9 Å². The van der Waals surface area contributed by atoms with Gasteiger partial charge < -0.3 is 9.73 Å². The summed E-state index contributed by atoms with van der Waals surface area (Å²) in [4.78, 5) is 20.0. The molecule has 1 amide bonds. The lowest BCUT2D eigenvalue weighted by atomic mass is 9.97. The zero-order valence-electron chi connectivity index (χ0n) is 16.4. The molecule has 4 heterocycles. The second-order valence-electron chi connectivity index (χ2n) is 7.92. The molecule has 9 heteroatoms. The van der Waals surface area contributed by atoms with Gasteiger partial charge in [-0.05, 0) is 56.2 Å². The van der Waals surface area contributed by atoms with Gasteiger partial charge in [-0.2, -0.15) is 0 Å². The van der Waals surface area contributed by atoms with E-state index in [9.17, 15) is 4.79 Å². The molecule has 1 fully saturated rings. The van der Waals surface area contributed by atoms with Gasteiger partial charge in [0.05, 0.1) is 23.9 Å². The first-order chi connectivity index (χ1) is 14.8. The van der Waals surface area contributed by atoms with Crippen molar-refractivity contribution in [1.82, 2.24) is 24.9 Å². The fourth-order valence-corrected chi connectivity index (χ4v) is 6.17. The molecule has 2 aliphatic carbocycles. The minimum atomic E-state index is -0.0527. The number of carbonyl (C=O) groups excluding carboxylic acids is 1. The molecule has 2 aliphatic rings. The third kappa shape index (κ3) is 3.20. The van der Waals surface area contributed by atoms with Gasteiger partial charge in [0.2, 0.25) is 5.91 Å². The quantitative estimate of drug-likeness (QED) is 0.455. The van der Waals surface area contributed by atoms with Crippen LogP contribution < -0.4 is 5.32 Å². The molecule has 0 spiro atoms. The fourth-order valence-electron chi connectivity index (χ4n) is 4.14. The van der Waals surface area contributed by atoms with Gasteiger partial charge in [0.25, 0.3) is 0 Å². The predicted molar refractivity (Wildman–Crippen MR) is 116 cm³/mol. The first-order valence-corrected chi connectivity index (χ1v) is 12.2. The first kappa shape index (κ1) is 18.4. The number of hydrogen-bond acceptors (Lipinski definition) is 7. The number of rotatable bonds is 6. The summed E-state index contributed by atoms with van der Waals surface area (Å²) in [6.45, 7) is 0.392. The van der Waals surface area contributed by atoms with E-state index in [0.29, 0.717) is 12.5 Å². The van der Waals surface area contributed by atoms with Crippen LogP contribution in [0.1, 0.15) is 53.6 Å². The number of thiophene rings is 1. The van der Waals surface area contributed by atoms with Crippen LogP contribution in [0.25, 0.3) is 15.9 Å². The average Bonchev–Trinajstić information content (AvgIpc) is 3.16. The van der Waals surface area contributed by atoms with Crippen molar-refractivity contribution in [3.8, 4) is 0 Å². The molecule has 0 atom stereocenters. The summed E-state index contributed by atoms with van der Waals surface area (Å²) in [5.74, 6) is 2.50. The molecule has 154 valence electrons. The highest BCUT2D eigenvalue weighted by Gasteiger charge is 2.32. The van der Waals surface area contributed by atoms with Crippen molar-refractivity contribution in [1.29, 1.82) is 0 Å². The van der Waals surface area contributed by atoms with Gasteiger partial charge in [-0.15, -0.1) is 21.5 Å². The van der Waals surface area contributed by atoms with Gasteiger partial charge in [-0.1, -0.05) is 11.8 Å². The van der Waals surface area contributed by atoms with Crippen LogP contribution in [0.2, 0.25) is 0 Å². The summed E-state index contributed by atoms with van der Waals surface area (Å²) in [5.41, 5.74) is 2.33. The van der Waals surface area contributed by atoms with Crippen LogP contribution in [0, 0.1) is 0 Å². The topological polar surface area (TPSA) is 85.3 Å². The molecule has 0 saturated heterocycles. The lowest BCUT2D eigenvalue weighted by Crippen LogP contribution is -2.24. The summed E-state index contributed by atoms with van der Waals surface area (Å²) in [6.07, 6.45) is 8.64. The van der Waals surface area contributed by atoms with Crippen molar-refractivity contribution in [2.45, 2.75) is 56.1 Å². The molecule has 0 unspecified atom stereocenters. The third-order valence-corrected chi connectivity index (χ3v) is 7.88. The zero-order chi connectivity index (χ0) is 20.1. The average molecular weight is 440 g/mol. The Bertz CT molecular complexity index is 1240. The normalized spacial score (nSPS) is 16.3. The maximum Gasteiger partial charge on any atom is 0.230 e. The van der Waals surface area contributed by atoms with Crippen LogP contribution in [-0.4, -0.2) is 31.2 Å². The van der Waals surface area contributed by atoms with Crippen LogP contribution in [0.4, 0.5) is 0 Å². The van der Waals surface area contributed by atoms with Crippen LogP contribution >= 0.6 is 23.1 Å². The van der Waals surface area contributed by atoms with E-state index in [1.165, 1.54) is 40.4 Å². The Hall–Kier alpha value is -2.39. The van der Waals surface area contributed by atoms with Crippen LogP contribution in [-0.2, 0) is 24.2 Å². The highest BCUT2D eigenvalue weighted by Crippen LogP contribution is 2.44. The van der Waals surface area contributed by atoms with Crippen molar-refractivity contribution >= 4 is 44.9 Å². The van der Waals surface area contributed by atoms with E-state index in [-0.39, 0.29) is 11.7 Å². The largest absolute Gasteiger partial charge is 0.467 e. The third-order valence-electron chi connectivity index (χ3n) is 5.77. The lowest BCUT2D eigenvalue weighted by Gasteiger charge is -2.11. The summed E-state index contributed by atoms with van der Waals surface area (Å²) >= 11 is 3.25. The Balaban J connectivity index is 1.32. The van der Waals surface area contributed by atoms with E-state index in [1.54, 1.807) is 6.26 Å². The Labute approximate surface area is 181 Å². The van der Waals surface area contributed by atoms with E-state index < -0.39 is 0 Å². The second kappa shape index (κ2) is 7.39. The van der Waals surface area contributed by atoms with E-state index in [4.69, 9.17) is 9.40 Å². The molecular formula is C21H21N5O2S2. The summed E-state index contributed by atoms with van der Waals surface area (Å²) < 4.78 is 7.38. The summed E-state index contributed by atoms with van der Waals surface area (Å²) in [6, 6.07) is 3.66. The van der Waals surface area contributed by atoms with Crippen molar-refractivity contribution in [2.75, 3.05) is 5.75 Å². The Morgan fingerprint density at radius 1 is 1.30 bits per heavy atom. The van der Waals surface area contributed by atoms with E-state index in [0.717, 1.165) is 52.9 Å². The lowest BCUT2D eigenvalue weighted by molar-refractivity contribution is -0.118. The molecular weight excluding hydrogens is 418 g/mol. The van der Waals surface area contributed by atoms with Crippen LogP contribution in [0.15, 0.2) is 28.0 Å². The highest BCUT2D eigenvalue weighted by atomic mass is 32.2. The molecule has 0 bridgehead atoms. The molecule has 0 aliphatic heterocycles. The number of nitrogens with one attached hydrogen (secondary N) is 1. The molecule has 0 radical (unpaired) electrons. The number of fused-ring (bicyclic) bond motifs is 5. The van der Waals surface area contributed by atoms with Gasteiger partial charge in [0, 0.05) is 10.8 Å². The van der Waals surface area contributed by atoms with E-state index in [1.807, 2.05) is 23.5 Å². The number of thioether (sulfide) groups is 1. The minimum Gasteiger partial charge on any atom is -0.467 e. The monoisotopic (exact) mass is 439 g/mol. The van der Waals surface area contributed by atoms with Gasteiger partial charge >= 0.3 is 0 Å². The molecule has 1 saturated carbocycles. The minimum absolute atomic E-state index is 0.0527. The standard InChI is InChI=1S/C21H21N5O2S2/c27-16(22-10-13-4-3-9-28-13)11-29-21-25-24-19-17-14-5-1-2-6-15(14)30-20(17)23-18(26(19)21)12-7-8-12/h3-4,9,12H,1-2,5-8,10-11H2,(H,22,27). The smallest absolute Gasteiger partial charge is 0.230 e. The number of hydrogen-bond donors (Lipinski definition) is 1. The number of carbonyl (C=O) groups is 1. The molecule has 30 heavy (non-hydrogen) atoms. The highest BCUT2D eigenvalue weighted by molar-refractivity contribution is 7.99. The number of aromatic nitrogens is 4. The Kier molecular flexibility index (Phi) is 4.53. The Morgan fingerprint density at radius 3 is 3.03 bits per heavy atom. The Morgan fingerprint density at radius 2 is 2.20 bits per heavy atom. The van der Waals surface area contributed by atoms with Gasteiger partial charge in [-0.25, -0.2) is 4.98 Å².